The van der Waals surface area contributed by atoms with Crippen LogP contribution in [-0.2, 0) is 16.1 Å². The van der Waals surface area contributed by atoms with Crippen molar-refractivity contribution in [3.05, 3.63) is 66.0 Å². The van der Waals surface area contributed by atoms with Gasteiger partial charge in [0.2, 0.25) is 0 Å². The first-order valence-corrected chi connectivity index (χ1v) is 7.39. The van der Waals surface area contributed by atoms with Crippen molar-refractivity contribution in [2.24, 2.45) is 0 Å². The molecule has 120 valence electrons. The maximum absolute atomic E-state index is 13.1. The number of nitrogens with zero attached hydrogens (tertiary/aromatic N) is 1. The summed E-state index contributed by atoms with van der Waals surface area (Å²) in [4.78, 5) is 26.0. The average Bonchev–Trinajstić information content (AvgIpc) is 2.52. The lowest BCUT2D eigenvalue weighted by Gasteiger charge is -2.26. The normalized spacial score (nSPS) is 10.4. The largest absolute Gasteiger partial charge is 0.328 e. The Morgan fingerprint density at radius 2 is 1.78 bits per heavy atom. The van der Waals surface area contributed by atoms with E-state index in [1.165, 1.54) is 29.2 Å². The molecule has 0 saturated carbocycles. The number of anilines is 1. The fraction of sp³-hybridized carbons (Fsp3) is 0.222. The fourth-order valence-corrected chi connectivity index (χ4v) is 2.15. The van der Waals surface area contributed by atoms with Crippen LogP contribution in [0.25, 0.3) is 0 Å². The summed E-state index contributed by atoms with van der Waals surface area (Å²) in [7, 11) is 0. The van der Waals surface area contributed by atoms with Gasteiger partial charge in [-0.15, -0.1) is 0 Å². The zero-order valence-electron chi connectivity index (χ0n) is 13.1. The molecule has 2 aromatic carbocycles. The molecule has 0 aromatic heterocycles. The lowest BCUT2D eigenvalue weighted by atomic mass is 10.2. The predicted molar refractivity (Wildman–Crippen MR) is 87.2 cm³/mol. The highest BCUT2D eigenvalue weighted by Gasteiger charge is 2.24. The van der Waals surface area contributed by atoms with Crippen LogP contribution in [-0.4, -0.2) is 22.8 Å². The molecule has 5 heteroatoms. The number of carbonyl (C=O) groups is 2. The lowest BCUT2D eigenvalue weighted by Crippen LogP contribution is -2.43. The predicted octanol–water partition coefficient (Wildman–Crippen LogP) is 3.20. The summed E-state index contributed by atoms with van der Waals surface area (Å²) in [6, 6.07) is 14.7. The van der Waals surface area contributed by atoms with Crippen LogP contribution in [0.15, 0.2) is 54.6 Å². The molecule has 1 N–H and O–H groups in total. The number of amides is 2. The van der Waals surface area contributed by atoms with Crippen molar-refractivity contribution in [1.82, 2.24) is 4.90 Å². The minimum atomic E-state index is -0.778. The van der Waals surface area contributed by atoms with E-state index >= 15 is 0 Å². The van der Waals surface area contributed by atoms with Crippen LogP contribution in [0.5, 0.6) is 0 Å². The van der Waals surface area contributed by atoms with Crippen LogP contribution in [0.3, 0.4) is 0 Å². The first-order valence-electron chi connectivity index (χ1n) is 7.39. The molecule has 0 fully saturated rings. The number of halogens is 1. The molecule has 0 bridgehead atoms. The third-order valence-electron chi connectivity index (χ3n) is 3.36. The van der Waals surface area contributed by atoms with Gasteiger partial charge in [0.25, 0.3) is 0 Å². The molecule has 0 aliphatic rings. The van der Waals surface area contributed by atoms with Gasteiger partial charge in [-0.1, -0.05) is 36.4 Å². The van der Waals surface area contributed by atoms with Crippen molar-refractivity contribution < 1.29 is 14.0 Å². The van der Waals surface area contributed by atoms with Crippen LogP contribution in [0, 0.1) is 5.82 Å². The molecular weight excluding hydrogens is 295 g/mol. The zero-order valence-corrected chi connectivity index (χ0v) is 13.1. The van der Waals surface area contributed by atoms with Gasteiger partial charge in [0, 0.05) is 18.3 Å². The Bertz CT molecular complexity index is 686. The van der Waals surface area contributed by atoms with E-state index in [1.807, 2.05) is 44.2 Å². The summed E-state index contributed by atoms with van der Waals surface area (Å²) in [5.41, 5.74) is 1.19. The molecule has 2 aromatic rings. The molecule has 4 nitrogen and oxygen atoms in total. The highest BCUT2D eigenvalue weighted by atomic mass is 19.1. The van der Waals surface area contributed by atoms with Crippen molar-refractivity contribution in [1.29, 1.82) is 0 Å². The zero-order chi connectivity index (χ0) is 16.8. The second-order valence-electron chi connectivity index (χ2n) is 5.48. The number of carbonyl (C=O) groups excluding carboxylic acids is 2. The van der Waals surface area contributed by atoms with Crippen LogP contribution >= 0.6 is 0 Å². The Balaban J connectivity index is 2.09. The molecule has 0 unspecified atom stereocenters. The Morgan fingerprint density at radius 3 is 2.39 bits per heavy atom. The van der Waals surface area contributed by atoms with E-state index in [1.54, 1.807) is 0 Å². The van der Waals surface area contributed by atoms with Gasteiger partial charge in [-0.3, -0.25) is 9.59 Å². The number of nitrogens with one attached hydrogen (secondary N) is 1. The summed E-state index contributed by atoms with van der Waals surface area (Å²) >= 11 is 0. The summed E-state index contributed by atoms with van der Waals surface area (Å²) in [6.07, 6.45) is 0. The molecule has 0 radical (unpaired) electrons. The van der Waals surface area contributed by atoms with E-state index < -0.39 is 17.6 Å². The standard InChI is InChI=1S/C18H19FN2O2/c1-13(2)21(12-14-7-4-3-5-8-14)18(23)17(22)20-16-10-6-9-15(19)11-16/h3-11,13H,12H2,1-2H3,(H,20,22). The quantitative estimate of drug-likeness (QED) is 0.881. The van der Waals surface area contributed by atoms with Gasteiger partial charge < -0.3 is 10.2 Å². The second-order valence-corrected chi connectivity index (χ2v) is 5.48. The third-order valence-corrected chi connectivity index (χ3v) is 3.36. The van der Waals surface area contributed by atoms with Gasteiger partial charge in [0.15, 0.2) is 0 Å². The molecule has 23 heavy (non-hydrogen) atoms. The molecular formula is C18H19FN2O2. The second kappa shape index (κ2) is 7.54. The number of hydrogen-bond acceptors (Lipinski definition) is 2. The fourth-order valence-electron chi connectivity index (χ4n) is 2.15. The van der Waals surface area contributed by atoms with Crippen molar-refractivity contribution in [2.75, 3.05) is 5.32 Å². The van der Waals surface area contributed by atoms with Gasteiger partial charge in [-0.05, 0) is 37.6 Å². The van der Waals surface area contributed by atoms with Gasteiger partial charge in [0.1, 0.15) is 5.82 Å². The maximum Gasteiger partial charge on any atom is 0.313 e. The first-order chi connectivity index (χ1) is 11.0. The number of benzene rings is 2. The van der Waals surface area contributed by atoms with Crippen molar-refractivity contribution >= 4 is 17.5 Å². The van der Waals surface area contributed by atoms with E-state index in [0.717, 1.165) is 5.56 Å². The highest BCUT2D eigenvalue weighted by Crippen LogP contribution is 2.12. The minimum absolute atomic E-state index is 0.138. The highest BCUT2D eigenvalue weighted by molar-refractivity contribution is 6.39. The van der Waals surface area contributed by atoms with Crippen LogP contribution in [0.2, 0.25) is 0 Å². The summed E-state index contributed by atoms with van der Waals surface area (Å²) in [5.74, 6) is -1.89. The molecule has 0 spiro atoms. The van der Waals surface area contributed by atoms with E-state index in [-0.39, 0.29) is 11.7 Å². The minimum Gasteiger partial charge on any atom is -0.328 e. The van der Waals surface area contributed by atoms with Crippen LogP contribution in [0.1, 0.15) is 19.4 Å². The number of hydrogen-bond donors (Lipinski definition) is 1. The van der Waals surface area contributed by atoms with Gasteiger partial charge in [-0.25, -0.2) is 4.39 Å². The van der Waals surface area contributed by atoms with E-state index in [0.29, 0.717) is 6.54 Å². The van der Waals surface area contributed by atoms with Crippen molar-refractivity contribution in [2.45, 2.75) is 26.4 Å². The smallest absolute Gasteiger partial charge is 0.313 e. The van der Waals surface area contributed by atoms with Gasteiger partial charge in [-0.2, -0.15) is 0 Å². The van der Waals surface area contributed by atoms with Gasteiger partial charge >= 0.3 is 11.8 Å². The Morgan fingerprint density at radius 1 is 1.09 bits per heavy atom. The summed E-state index contributed by atoms with van der Waals surface area (Å²) in [5, 5.41) is 2.43. The topological polar surface area (TPSA) is 49.4 Å². The van der Waals surface area contributed by atoms with E-state index in [4.69, 9.17) is 0 Å². The van der Waals surface area contributed by atoms with Crippen LogP contribution in [0.4, 0.5) is 10.1 Å². The molecule has 2 rings (SSSR count). The maximum atomic E-state index is 13.1. The molecule has 0 atom stereocenters. The average molecular weight is 314 g/mol. The summed E-state index contributed by atoms with van der Waals surface area (Å²) < 4.78 is 13.1. The summed E-state index contributed by atoms with van der Waals surface area (Å²) in [6.45, 7) is 4.03. The third kappa shape index (κ3) is 4.64. The molecule has 0 aliphatic heterocycles. The van der Waals surface area contributed by atoms with Crippen molar-refractivity contribution in [3.63, 3.8) is 0 Å². The Kier molecular flexibility index (Phi) is 5.46. The van der Waals surface area contributed by atoms with Crippen molar-refractivity contribution in [3.8, 4) is 0 Å². The monoisotopic (exact) mass is 314 g/mol. The first kappa shape index (κ1) is 16.7. The molecule has 0 saturated heterocycles. The van der Waals surface area contributed by atoms with E-state index in [2.05, 4.69) is 5.32 Å². The number of rotatable bonds is 4. The molecule has 0 heterocycles. The van der Waals surface area contributed by atoms with Crippen LogP contribution < -0.4 is 5.32 Å². The lowest BCUT2D eigenvalue weighted by molar-refractivity contribution is -0.144. The van der Waals surface area contributed by atoms with Gasteiger partial charge in [0.05, 0.1) is 0 Å². The van der Waals surface area contributed by atoms with E-state index in [9.17, 15) is 14.0 Å². The Labute approximate surface area is 134 Å². The molecule has 2 amide bonds. The Hall–Kier alpha value is -2.69. The molecule has 0 aliphatic carbocycles. The SMILES string of the molecule is CC(C)N(Cc1ccccc1)C(=O)C(=O)Nc1cccc(F)c1.